The quantitative estimate of drug-likeness (QED) is 0.345. The van der Waals surface area contributed by atoms with Crippen LogP contribution < -0.4 is 14.8 Å². The van der Waals surface area contributed by atoms with E-state index in [2.05, 4.69) is 47.5 Å². The normalized spacial score (nSPS) is 20.3. The average molecular weight is 539 g/mol. The van der Waals surface area contributed by atoms with Gasteiger partial charge in [-0.1, -0.05) is 0 Å². The maximum atomic E-state index is 5.96. The molecule has 2 aliphatic rings. The van der Waals surface area contributed by atoms with Crippen LogP contribution in [-0.2, 0) is 20.0 Å². The number of aryl methyl sites for hydroxylation is 1. The number of fused-ring (bicyclic) bond motifs is 1. The monoisotopic (exact) mass is 539 g/mol. The molecule has 4 rings (SSSR count). The van der Waals surface area contributed by atoms with Crippen molar-refractivity contribution in [1.29, 1.82) is 0 Å². The molecule has 8 heteroatoms. The van der Waals surface area contributed by atoms with E-state index in [1.165, 1.54) is 11.1 Å². The van der Waals surface area contributed by atoms with Crippen LogP contribution in [0.3, 0.4) is 0 Å². The van der Waals surface area contributed by atoms with Gasteiger partial charge in [-0.25, -0.2) is 4.99 Å². The molecule has 0 aliphatic carbocycles. The highest BCUT2D eigenvalue weighted by Crippen LogP contribution is 2.35. The summed E-state index contributed by atoms with van der Waals surface area (Å²) in [6, 6.07) is 4.24. The first kappa shape index (κ1) is 23.7. The maximum absolute atomic E-state index is 5.96. The highest BCUT2D eigenvalue weighted by molar-refractivity contribution is 14.0. The van der Waals surface area contributed by atoms with Crippen LogP contribution in [0.1, 0.15) is 49.8 Å². The summed E-state index contributed by atoms with van der Waals surface area (Å²) in [5.41, 5.74) is 3.60. The molecule has 0 spiro atoms. The highest BCUT2D eigenvalue weighted by Gasteiger charge is 2.27. The van der Waals surface area contributed by atoms with Gasteiger partial charge in [0, 0.05) is 56.3 Å². The number of nitrogens with one attached hydrogen (secondary N) is 1. The number of hydrogen-bond donors (Lipinski definition) is 1. The van der Waals surface area contributed by atoms with Gasteiger partial charge in [0.05, 0.1) is 19.3 Å². The van der Waals surface area contributed by atoms with Gasteiger partial charge in [0.25, 0.3) is 0 Å². The fourth-order valence-corrected chi connectivity index (χ4v) is 4.36. The second-order valence-electron chi connectivity index (χ2n) is 8.18. The number of halogens is 1. The summed E-state index contributed by atoms with van der Waals surface area (Å²) in [5.74, 6) is 3.35. The van der Waals surface area contributed by atoms with E-state index in [-0.39, 0.29) is 30.1 Å². The first-order chi connectivity index (χ1) is 14.6. The van der Waals surface area contributed by atoms with E-state index in [1.54, 1.807) is 0 Å². The van der Waals surface area contributed by atoms with Crippen molar-refractivity contribution in [1.82, 2.24) is 20.0 Å². The molecule has 3 heterocycles. The predicted octanol–water partition coefficient (Wildman–Crippen LogP) is 3.72. The second kappa shape index (κ2) is 10.6. The van der Waals surface area contributed by atoms with E-state index in [0.717, 1.165) is 55.5 Å². The van der Waals surface area contributed by atoms with Crippen LogP contribution in [0.25, 0.3) is 0 Å². The molecule has 0 saturated carbocycles. The number of rotatable bonds is 6. The third-order valence-corrected chi connectivity index (χ3v) is 5.80. The SMILES string of the molecule is CCNC(=NCc1cc2c(cc1OCC)CC(C)O2)N1CCC(c2cnn(C)c2)C1.I. The molecule has 1 aromatic carbocycles. The molecule has 0 bridgehead atoms. The van der Waals surface area contributed by atoms with E-state index < -0.39 is 0 Å². The number of hydrogen-bond acceptors (Lipinski definition) is 4. The molecule has 1 N–H and O–H groups in total. The number of ether oxygens (including phenoxy) is 2. The summed E-state index contributed by atoms with van der Waals surface area (Å²) in [6.45, 7) is 10.2. The summed E-state index contributed by atoms with van der Waals surface area (Å²) in [7, 11) is 1.97. The molecule has 1 fully saturated rings. The third-order valence-electron chi connectivity index (χ3n) is 5.80. The van der Waals surface area contributed by atoms with Crippen LogP contribution >= 0.6 is 24.0 Å². The topological polar surface area (TPSA) is 63.9 Å². The lowest BCUT2D eigenvalue weighted by Crippen LogP contribution is -2.40. The average Bonchev–Trinajstić information content (AvgIpc) is 3.44. The van der Waals surface area contributed by atoms with Crippen molar-refractivity contribution >= 4 is 29.9 Å². The van der Waals surface area contributed by atoms with Crippen molar-refractivity contribution in [2.75, 3.05) is 26.2 Å². The van der Waals surface area contributed by atoms with Crippen molar-refractivity contribution in [3.05, 3.63) is 41.2 Å². The Bertz CT molecular complexity index is 913. The fourth-order valence-electron chi connectivity index (χ4n) is 4.36. The molecule has 7 nitrogen and oxygen atoms in total. The number of likely N-dealkylation sites (tertiary alicyclic amines) is 1. The zero-order chi connectivity index (χ0) is 21.1. The molecule has 0 amide bonds. The van der Waals surface area contributed by atoms with Gasteiger partial charge in [0.15, 0.2) is 5.96 Å². The van der Waals surface area contributed by atoms with Gasteiger partial charge in [-0.05, 0) is 44.9 Å². The van der Waals surface area contributed by atoms with Gasteiger partial charge in [0.1, 0.15) is 17.6 Å². The molecule has 170 valence electrons. The Morgan fingerprint density at radius 1 is 1.35 bits per heavy atom. The predicted molar refractivity (Wildman–Crippen MR) is 134 cm³/mol. The van der Waals surface area contributed by atoms with E-state index >= 15 is 0 Å². The van der Waals surface area contributed by atoms with Gasteiger partial charge in [-0.2, -0.15) is 5.10 Å². The number of benzene rings is 1. The van der Waals surface area contributed by atoms with Crippen LogP contribution in [0, 0.1) is 0 Å². The Balaban J connectivity index is 0.00000272. The minimum absolute atomic E-state index is 0. The lowest BCUT2D eigenvalue weighted by atomic mass is 10.0. The zero-order valence-corrected chi connectivity index (χ0v) is 21.3. The Labute approximate surface area is 202 Å². The number of guanidine groups is 1. The van der Waals surface area contributed by atoms with E-state index in [1.807, 2.05) is 24.9 Å². The smallest absolute Gasteiger partial charge is 0.194 e. The lowest BCUT2D eigenvalue weighted by Gasteiger charge is -2.22. The van der Waals surface area contributed by atoms with E-state index in [9.17, 15) is 0 Å². The van der Waals surface area contributed by atoms with Gasteiger partial charge in [0.2, 0.25) is 0 Å². The standard InChI is InChI=1S/C23H33N5O2.HI/c1-5-24-23(28-8-7-17(15-28)20-13-26-27(4)14-20)25-12-19-11-22-18(9-16(3)30-22)10-21(19)29-6-2;/h10-11,13-14,16-17H,5-9,12,15H2,1-4H3,(H,24,25);1H. The first-order valence-electron chi connectivity index (χ1n) is 11.0. The molecule has 2 aliphatic heterocycles. The molecule has 1 saturated heterocycles. The van der Waals surface area contributed by atoms with Gasteiger partial charge in [-0.3, -0.25) is 4.68 Å². The minimum Gasteiger partial charge on any atom is -0.494 e. The van der Waals surface area contributed by atoms with E-state index in [0.29, 0.717) is 19.1 Å². The molecule has 2 atom stereocenters. The first-order valence-corrected chi connectivity index (χ1v) is 11.0. The largest absolute Gasteiger partial charge is 0.494 e. The molecule has 2 aromatic rings. The molecule has 0 radical (unpaired) electrons. The van der Waals surface area contributed by atoms with Crippen molar-refractivity contribution in [3.63, 3.8) is 0 Å². The fraction of sp³-hybridized carbons (Fsp3) is 0.565. The zero-order valence-electron chi connectivity index (χ0n) is 18.9. The second-order valence-corrected chi connectivity index (χ2v) is 8.18. The van der Waals surface area contributed by atoms with Crippen LogP contribution in [0.5, 0.6) is 11.5 Å². The Kier molecular flexibility index (Phi) is 8.07. The van der Waals surface area contributed by atoms with Crippen molar-refractivity contribution in [3.8, 4) is 11.5 Å². The van der Waals surface area contributed by atoms with Gasteiger partial charge in [-0.15, -0.1) is 24.0 Å². The van der Waals surface area contributed by atoms with Crippen LogP contribution in [-0.4, -0.2) is 53.0 Å². The van der Waals surface area contributed by atoms with Crippen LogP contribution in [0.2, 0.25) is 0 Å². The maximum Gasteiger partial charge on any atom is 0.194 e. The number of nitrogens with zero attached hydrogens (tertiary/aromatic N) is 4. The summed E-state index contributed by atoms with van der Waals surface area (Å²) in [4.78, 5) is 7.32. The minimum atomic E-state index is 0. The highest BCUT2D eigenvalue weighted by atomic mass is 127. The molecular formula is C23H34IN5O2. The van der Waals surface area contributed by atoms with Gasteiger partial charge < -0.3 is 19.7 Å². The van der Waals surface area contributed by atoms with E-state index in [4.69, 9.17) is 14.5 Å². The number of aromatic nitrogens is 2. The molecule has 2 unspecified atom stereocenters. The summed E-state index contributed by atoms with van der Waals surface area (Å²) in [5, 5.41) is 7.80. The van der Waals surface area contributed by atoms with Crippen molar-refractivity contribution < 1.29 is 9.47 Å². The Hall–Kier alpha value is -1.97. The summed E-state index contributed by atoms with van der Waals surface area (Å²) >= 11 is 0. The molecule has 31 heavy (non-hydrogen) atoms. The van der Waals surface area contributed by atoms with Crippen LogP contribution in [0.15, 0.2) is 29.5 Å². The van der Waals surface area contributed by atoms with Gasteiger partial charge >= 0.3 is 0 Å². The molecular weight excluding hydrogens is 505 g/mol. The Morgan fingerprint density at radius 3 is 2.90 bits per heavy atom. The van der Waals surface area contributed by atoms with Crippen molar-refractivity contribution in [2.45, 2.75) is 52.2 Å². The summed E-state index contributed by atoms with van der Waals surface area (Å²) in [6.07, 6.45) is 6.38. The Morgan fingerprint density at radius 2 is 2.19 bits per heavy atom. The third kappa shape index (κ3) is 5.45. The van der Waals surface area contributed by atoms with Crippen molar-refractivity contribution in [2.24, 2.45) is 12.0 Å². The number of aliphatic imine (C=N–C) groups is 1. The lowest BCUT2D eigenvalue weighted by molar-refractivity contribution is 0.254. The summed E-state index contributed by atoms with van der Waals surface area (Å²) < 4.78 is 13.8. The molecule has 1 aromatic heterocycles. The van der Waals surface area contributed by atoms with Crippen LogP contribution in [0.4, 0.5) is 0 Å².